The lowest BCUT2D eigenvalue weighted by Gasteiger charge is -2.42. The molecule has 11 unspecified atom stereocenters. The Morgan fingerprint density at radius 2 is 0.838 bits per heavy atom. The molecule has 0 aromatic heterocycles. The van der Waals surface area contributed by atoms with Gasteiger partial charge in [-0.2, -0.15) is 9.59 Å². The fraction of sp³-hybridized carbons (Fsp3) is 0.901. The number of rotatable bonds is 45. The molecule has 29 heteroatoms. The van der Waals surface area contributed by atoms with Gasteiger partial charge in [-0.15, -0.1) is 0 Å². The summed E-state index contributed by atoms with van der Waals surface area (Å²) in [4.78, 5) is 29.7. The van der Waals surface area contributed by atoms with Crippen LogP contribution in [0.1, 0.15) is 258 Å². The van der Waals surface area contributed by atoms with E-state index in [0.29, 0.717) is 55.3 Å². The van der Waals surface area contributed by atoms with Crippen molar-refractivity contribution in [2.45, 2.75) is 452 Å². The summed E-state index contributed by atoms with van der Waals surface area (Å²) in [5.74, 6) is 1.63. The van der Waals surface area contributed by atoms with Crippen molar-refractivity contribution >= 4 is 43.3 Å². The van der Waals surface area contributed by atoms with Gasteiger partial charge in [-0.1, -0.05) is 137 Å². The molecule has 0 spiro atoms. The molecule has 16 heterocycles. The van der Waals surface area contributed by atoms with E-state index in [9.17, 15) is 24.1 Å². The maximum atomic E-state index is 13.5. The first-order chi connectivity index (χ1) is 61.8. The van der Waals surface area contributed by atoms with Crippen molar-refractivity contribution in [1.82, 2.24) is 0 Å². The minimum atomic E-state index is -3.00. The highest BCUT2D eigenvalue weighted by Gasteiger charge is 2.69. The third-order valence-corrected chi connectivity index (χ3v) is 45.4. The Kier molecular flexibility index (Phi) is 40.1. The molecular weight excluding hydrogens is 1730 g/mol. The normalized spacial score (nSPS) is 40.9. The van der Waals surface area contributed by atoms with E-state index in [1.165, 1.54) is 43.5 Å². The van der Waals surface area contributed by atoms with E-state index in [-0.39, 0.29) is 207 Å². The van der Waals surface area contributed by atoms with Gasteiger partial charge in [0, 0.05) is 117 Å². The Bertz CT molecular complexity index is 3750. The fourth-order valence-electron chi connectivity index (χ4n) is 24.6. The average molecular weight is 1910 g/mol. The minimum Gasteiger partial charge on any atom is -0.417 e. The quantitative estimate of drug-likeness (QED) is 0.0325. The Balaban J connectivity index is 0.000000231. The highest BCUT2D eigenvalue weighted by atomic mass is 31.2. The molecule has 0 amide bonds. The number of aliphatic hydroxyl groups is 2. The Morgan fingerprint density at radius 1 is 0.469 bits per heavy atom. The second-order valence-corrected chi connectivity index (χ2v) is 57.8. The van der Waals surface area contributed by atoms with Gasteiger partial charge in [-0.05, 0) is 209 Å². The SMILES string of the molecule is C=C1C[C@H](CC[C@@]23C[C@H]4O[C@H]5C(O2)C(C)[C@H](CCCO)O[C@H]5[C@H]4O3)OC1CC[C@H]1C[C@@H](C)C(=C)C(C[C@@H]2O[C@H](C[C@H](C)CO[Si](CC)(CC)CC)[C@H](C)C2CC(=O)CP(C)(=O)OC)O1.C=C1C[C@H](CC[C@@]23C[C@H]4O[C@H]5C(O2)C(C)[C@H](CCCO)O[C@H]5[C@H]4O3)OC1CC[C@H]1C[C@@H](C)C(=C)C(C[C@@H]2O[C@H](C[C@H](C)CO[Si](CC)(CC)CC)[C@H](C)C2CC)O1.COP(C)(C)=O.O=C=O. The van der Waals surface area contributed by atoms with Crippen molar-refractivity contribution in [3.8, 4) is 0 Å². The molecule has 0 saturated carbocycles. The van der Waals surface area contributed by atoms with E-state index < -0.39 is 42.9 Å². The van der Waals surface area contributed by atoms with Crippen molar-refractivity contribution in [2.75, 3.05) is 66.8 Å². The van der Waals surface area contributed by atoms with Crippen molar-refractivity contribution in [2.24, 2.45) is 59.2 Å². The number of carbonyl (C=O) groups is 1. The monoisotopic (exact) mass is 1910 g/mol. The first-order valence-electron chi connectivity index (χ1n) is 51.0. The number of carbonyl (C=O) groups excluding carboxylic acids is 3. The number of ketones is 1. The molecule has 16 aliphatic heterocycles. The maximum absolute atomic E-state index is 13.5. The number of aliphatic hydroxyl groups excluding tert-OH is 2. The molecule has 130 heavy (non-hydrogen) atoms. The Hall–Kier alpha value is -1.90. The standard InChI is InChI=1S/C50H85O12PSi.C47H80O9Si.C3H9O2P.CO2/c1-12-64(13-2,14-3)55-28-30(4)22-42-34(8)39(25-36(52)29-63(11,53)54-10)44(58-42)26-43-33(7)31(5)23-37(57-43)17-18-40-32(6)24-38(56-40)19-20-50-27-45-47(62-50)49-48(60-45)46(61-50)35(9)41(59-49)16-15-21-51;1-11-36-32(9)39(22-28(5)27-49-57(12-2,13-3)14-4)52-41(36)25-40-31(8)29(6)23-34(51-40)17-18-37-30(7)24-35(50-37)19-20-47-26-42-44(56-47)46-45(54-42)43(55-47)33(10)38(53-46)16-15-21-48;1-5-6(2,3)4;2-1-3/h30-31,34-35,37-49,51H,6-7,12-29H2,1-5,8-11H3;28-29,32-46,48H,7-8,11-27H2,1-6,9-10H3;1-3H3;/t30-,31+,34+,35?,37-,38-,39?,40?,41-,42+,43?,44-,45+,46?,47-,48-,49-,50+,63?;28-,29+,32+,33?,34-,35-,36?,37?,38-,39+,40?,41-,42+,43?,44-,45-,46-,47+;;/m00../s1. The van der Waals surface area contributed by atoms with Gasteiger partial charge in [-0.25, -0.2) is 0 Å². The molecule has 16 fully saturated rings. The highest BCUT2D eigenvalue weighted by Crippen LogP contribution is 2.58. The second-order valence-electron chi connectivity index (χ2n) is 42.7. The first kappa shape index (κ1) is 109. The van der Waals surface area contributed by atoms with E-state index in [1.807, 2.05) is 0 Å². The molecule has 0 aromatic carbocycles. The minimum absolute atomic E-state index is 0.0111. The summed E-state index contributed by atoms with van der Waals surface area (Å²) in [6.45, 7) is 59.0. The topological polar surface area (TPSA) is 292 Å². The van der Waals surface area contributed by atoms with E-state index in [4.69, 9.17) is 89.3 Å². The summed E-state index contributed by atoms with van der Waals surface area (Å²) in [7, 11) is -5.58. The van der Waals surface area contributed by atoms with Crippen LogP contribution >= 0.6 is 14.7 Å². The van der Waals surface area contributed by atoms with E-state index in [0.717, 1.165) is 171 Å². The van der Waals surface area contributed by atoms with Crippen LogP contribution in [0.3, 0.4) is 0 Å². The second kappa shape index (κ2) is 48.0. The summed E-state index contributed by atoms with van der Waals surface area (Å²) in [6, 6.07) is 6.98. The van der Waals surface area contributed by atoms with Gasteiger partial charge < -0.3 is 94.4 Å². The number of hydrogen-bond acceptors (Lipinski definition) is 25. The van der Waals surface area contributed by atoms with Crippen molar-refractivity contribution < 1.29 is 118 Å². The van der Waals surface area contributed by atoms with Gasteiger partial charge in [0.2, 0.25) is 7.37 Å². The summed E-state index contributed by atoms with van der Waals surface area (Å²) < 4.78 is 141. The predicted molar refractivity (Wildman–Crippen MR) is 507 cm³/mol. The fourth-order valence-corrected chi connectivity index (χ4v) is 31.0. The lowest BCUT2D eigenvalue weighted by atomic mass is 9.79. The van der Waals surface area contributed by atoms with Crippen LogP contribution in [0.15, 0.2) is 48.6 Å². The summed E-state index contributed by atoms with van der Waals surface area (Å²) in [5.41, 5.74) is 4.65. The van der Waals surface area contributed by atoms with E-state index in [1.54, 1.807) is 20.0 Å². The zero-order valence-corrected chi connectivity index (χ0v) is 87.2. The molecule has 2 N–H and O–H groups in total. The Labute approximate surface area is 783 Å². The largest absolute Gasteiger partial charge is 0.417 e. The molecule has 746 valence electrons. The van der Waals surface area contributed by atoms with Crippen LogP contribution in [0, 0.1) is 59.2 Å². The van der Waals surface area contributed by atoms with Gasteiger partial charge in [0.1, 0.15) is 42.4 Å². The van der Waals surface area contributed by atoms with Crippen LogP contribution in [0.4, 0.5) is 0 Å². The van der Waals surface area contributed by atoms with Gasteiger partial charge in [-0.3, -0.25) is 13.9 Å². The molecule has 0 aromatic rings. The lowest BCUT2D eigenvalue weighted by Crippen LogP contribution is -2.54. The first-order valence-corrected chi connectivity index (χ1v) is 60.8. The third-order valence-electron chi connectivity index (χ3n) is 33.6. The number of hydrogen-bond donors (Lipinski definition) is 2. The average Bonchev–Trinajstić information content (AvgIpc) is 1.56. The van der Waals surface area contributed by atoms with E-state index in [2.05, 4.69) is 135 Å². The lowest BCUT2D eigenvalue weighted by molar-refractivity contribution is -0.263. The molecule has 25 nitrogen and oxygen atoms in total. The molecule has 37 atom stereocenters. The Morgan fingerprint density at radius 3 is 1.21 bits per heavy atom. The van der Waals surface area contributed by atoms with Crippen molar-refractivity contribution in [1.29, 1.82) is 0 Å². The van der Waals surface area contributed by atoms with Crippen molar-refractivity contribution in [3.05, 3.63) is 48.6 Å². The van der Waals surface area contributed by atoms with Gasteiger partial charge in [0.05, 0.1) is 116 Å². The van der Waals surface area contributed by atoms with Crippen LogP contribution in [-0.2, 0) is 108 Å². The third kappa shape index (κ3) is 26.5. The van der Waals surface area contributed by atoms with E-state index >= 15 is 0 Å². The smallest absolute Gasteiger partial charge is 0.373 e. The number of ether oxygens (including phenoxy) is 14. The molecule has 0 aliphatic carbocycles. The number of Topliss-reactive ketones (excluding diaryl/α,β-unsaturated/α-hetero) is 1. The summed E-state index contributed by atoms with van der Waals surface area (Å²) in [6.07, 6.45) is 19.8. The van der Waals surface area contributed by atoms with Crippen LogP contribution in [0.25, 0.3) is 0 Å². The van der Waals surface area contributed by atoms with Crippen LogP contribution in [-0.4, -0.2) is 264 Å². The molecular formula is C101H174O25P2Si2. The maximum Gasteiger partial charge on any atom is 0.373 e. The molecule has 16 aliphatic rings. The van der Waals surface area contributed by atoms with Crippen LogP contribution in [0.5, 0.6) is 0 Å². The van der Waals surface area contributed by atoms with Gasteiger partial charge in [0.25, 0.3) is 0 Å². The summed E-state index contributed by atoms with van der Waals surface area (Å²) in [5, 5.41) is 18.9. The van der Waals surface area contributed by atoms with Crippen LogP contribution in [0.2, 0.25) is 36.3 Å². The van der Waals surface area contributed by atoms with Crippen molar-refractivity contribution in [3.63, 3.8) is 0 Å². The molecule has 16 rings (SSSR count). The van der Waals surface area contributed by atoms with Gasteiger partial charge in [0.15, 0.2) is 35.6 Å². The van der Waals surface area contributed by atoms with Crippen LogP contribution < -0.4 is 0 Å². The summed E-state index contributed by atoms with van der Waals surface area (Å²) >= 11 is 0. The zero-order valence-electron chi connectivity index (χ0n) is 83.4. The van der Waals surface area contributed by atoms with Gasteiger partial charge >= 0.3 is 6.15 Å². The molecule has 16 saturated heterocycles. The molecule has 12 bridgehead atoms. The molecule has 0 radical (unpaired) electrons. The highest BCUT2D eigenvalue weighted by molar-refractivity contribution is 7.59. The predicted octanol–water partition coefficient (Wildman–Crippen LogP) is 19.3. The zero-order chi connectivity index (χ0) is 94.7.